The van der Waals surface area contributed by atoms with Gasteiger partial charge in [0.05, 0.1) is 22.7 Å². The fraction of sp³-hybridized carbons (Fsp3) is 0.310. The van der Waals surface area contributed by atoms with Crippen molar-refractivity contribution in [1.82, 2.24) is 20.2 Å². The van der Waals surface area contributed by atoms with Crippen molar-refractivity contribution in [1.29, 1.82) is 0 Å². The summed E-state index contributed by atoms with van der Waals surface area (Å²) in [5, 5.41) is 3.67. The number of carbonyl (C=O) groups is 1. The van der Waals surface area contributed by atoms with Crippen molar-refractivity contribution in [2.45, 2.75) is 23.0 Å². The normalized spacial score (nSPS) is 16.2. The van der Waals surface area contributed by atoms with E-state index in [1.54, 1.807) is 55.1 Å². The highest BCUT2D eigenvalue weighted by atomic mass is 32.2. The van der Waals surface area contributed by atoms with Gasteiger partial charge in [0, 0.05) is 48.8 Å². The molecule has 2 aromatic heterocycles. The van der Waals surface area contributed by atoms with E-state index in [-0.39, 0.29) is 27.7 Å². The van der Waals surface area contributed by atoms with Gasteiger partial charge in [-0.25, -0.2) is 13.4 Å². The first-order chi connectivity index (χ1) is 20.1. The molecule has 5 rings (SSSR count). The van der Waals surface area contributed by atoms with Gasteiger partial charge >= 0.3 is 0 Å². The number of H-pyrrole nitrogens is 1. The van der Waals surface area contributed by atoms with Crippen molar-refractivity contribution in [2.75, 3.05) is 42.4 Å². The molecule has 0 bridgehead atoms. The number of benzene rings is 2. The highest BCUT2D eigenvalue weighted by molar-refractivity contribution is 7.99. The topological polar surface area (TPSA) is 141 Å². The molecule has 0 aliphatic carbocycles. The molecule has 1 unspecified atom stereocenters. The zero-order valence-electron chi connectivity index (χ0n) is 23.1. The summed E-state index contributed by atoms with van der Waals surface area (Å²) in [5.74, 6) is 0.749. The Hall–Kier alpha value is -3.39. The summed E-state index contributed by atoms with van der Waals surface area (Å²) < 4.78 is 52.5. The molecule has 1 aliphatic rings. The Morgan fingerprint density at radius 1 is 1.07 bits per heavy atom. The van der Waals surface area contributed by atoms with Gasteiger partial charge in [0.2, 0.25) is 0 Å². The Morgan fingerprint density at radius 2 is 1.83 bits per heavy atom. The van der Waals surface area contributed by atoms with Crippen molar-refractivity contribution >= 4 is 54.1 Å². The van der Waals surface area contributed by atoms with Gasteiger partial charge in [-0.2, -0.15) is 20.2 Å². The van der Waals surface area contributed by atoms with Crippen LogP contribution in [-0.4, -0.2) is 80.5 Å². The minimum Gasteiger partial charge on any atom is -0.350 e. The monoisotopic (exact) mass is 627 g/mol. The Balaban J connectivity index is 1.28. The Kier molecular flexibility index (Phi) is 9.21. The van der Waals surface area contributed by atoms with Gasteiger partial charge in [-0.05, 0) is 36.2 Å². The highest BCUT2D eigenvalue weighted by Gasteiger charge is 2.25. The second-order valence-electron chi connectivity index (χ2n) is 10.3. The number of sulfone groups is 1. The molecule has 0 spiro atoms. The number of para-hydroxylation sites is 1. The van der Waals surface area contributed by atoms with Crippen LogP contribution in [0.3, 0.4) is 0 Å². The summed E-state index contributed by atoms with van der Waals surface area (Å²) in [6.45, 7) is 3.68. The van der Waals surface area contributed by atoms with Crippen LogP contribution in [0.1, 0.15) is 21.6 Å². The number of nitrogens with zero attached hydrogens (tertiary/aromatic N) is 2. The first-order valence-corrected chi connectivity index (χ1v) is 17.9. The maximum atomic E-state index is 13.2. The third kappa shape index (κ3) is 7.51. The number of aromatic amines is 1. The molecule has 1 amide bonds. The zero-order valence-corrected chi connectivity index (χ0v) is 25.6. The van der Waals surface area contributed by atoms with Gasteiger partial charge in [-0.1, -0.05) is 48.5 Å². The summed E-state index contributed by atoms with van der Waals surface area (Å²) in [5.41, 5.74) is 2.81. The molecule has 4 aromatic rings. The van der Waals surface area contributed by atoms with E-state index in [0.717, 1.165) is 5.75 Å². The van der Waals surface area contributed by atoms with E-state index in [1.165, 1.54) is 11.8 Å². The van der Waals surface area contributed by atoms with Crippen molar-refractivity contribution in [3.63, 3.8) is 0 Å². The number of amides is 1. The Labute approximate surface area is 250 Å². The van der Waals surface area contributed by atoms with Crippen LogP contribution < -0.4 is 10.0 Å². The number of sulfonamides is 1. The molecule has 1 aliphatic heterocycles. The average Bonchev–Trinajstić information content (AvgIpc) is 3.42. The Bertz CT molecular complexity index is 1760. The van der Waals surface area contributed by atoms with E-state index in [4.69, 9.17) is 0 Å². The van der Waals surface area contributed by atoms with Crippen molar-refractivity contribution in [3.8, 4) is 0 Å². The third-order valence-corrected chi connectivity index (χ3v) is 11.4. The molecule has 3 N–H and O–H groups in total. The quantitative estimate of drug-likeness (QED) is 0.230. The molecule has 3 heterocycles. The van der Waals surface area contributed by atoms with Crippen LogP contribution >= 0.6 is 11.8 Å². The van der Waals surface area contributed by atoms with Crippen LogP contribution in [0.4, 0.5) is 5.69 Å². The summed E-state index contributed by atoms with van der Waals surface area (Å²) in [6.07, 6.45) is 1.43. The molecule has 10 nitrogen and oxygen atoms in total. The maximum absolute atomic E-state index is 13.2. The predicted molar refractivity (Wildman–Crippen MR) is 167 cm³/mol. The van der Waals surface area contributed by atoms with Crippen LogP contribution in [0, 0.1) is 6.92 Å². The van der Waals surface area contributed by atoms with E-state index in [9.17, 15) is 21.6 Å². The van der Waals surface area contributed by atoms with E-state index >= 15 is 0 Å². The smallest absolute Gasteiger partial charge is 0.279 e. The largest absolute Gasteiger partial charge is 0.350 e. The summed E-state index contributed by atoms with van der Waals surface area (Å²) >= 11 is 1.72. The lowest BCUT2D eigenvalue weighted by Gasteiger charge is -2.30. The lowest BCUT2D eigenvalue weighted by atomic mass is 10.2. The first-order valence-electron chi connectivity index (χ1n) is 13.5. The predicted octanol–water partition coefficient (Wildman–Crippen LogP) is 3.43. The number of thioether (sulfide) groups is 1. The van der Waals surface area contributed by atoms with Gasteiger partial charge in [-0.15, -0.1) is 0 Å². The fourth-order valence-electron chi connectivity index (χ4n) is 4.80. The van der Waals surface area contributed by atoms with E-state index < -0.39 is 19.9 Å². The standard InChI is InChI=1S/C29H33N5O5S3/c1-21-7-6-12-30-29(21)42(38,39)33-25-11-5-10-23-17-26(32-27(23)25)28(35)31-18-24(40-20-22-8-3-2-4-9-22)19-34-13-15-41(36,37)16-14-34/h2-12,17,24,32-33H,13-16,18-20H2,1H3,(H,31,35). The number of rotatable bonds is 11. The van der Waals surface area contributed by atoms with E-state index in [0.29, 0.717) is 54.0 Å². The lowest BCUT2D eigenvalue weighted by molar-refractivity contribution is 0.0948. The number of fused-ring (bicyclic) bond motifs is 1. The highest BCUT2D eigenvalue weighted by Crippen LogP contribution is 2.27. The molecular weight excluding hydrogens is 595 g/mol. The number of hydrogen-bond donors (Lipinski definition) is 3. The zero-order chi connectivity index (χ0) is 29.7. The second-order valence-corrected chi connectivity index (χ2v) is 15.5. The fourth-order valence-corrected chi connectivity index (χ4v) is 8.46. The molecule has 13 heteroatoms. The number of aromatic nitrogens is 2. The molecule has 222 valence electrons. The van der Waals surface area contributed by atoms with Crippen LogP contribution in [0.15, 0.2) is 78.0 Å². The van der Waals surface area contributed by atoms with Gasteiger partial charge in [0.15, 0.2) is 14.9 Å². The molecule has 1 fully saturated rings. The van der Waals surface area contributed by atoms with Crippen LogP contribution in [0.2, 0.25) is 0 Å². The molecule has 1 atom stereocenters. The maximum Gasteiger partial charge on any atom is 0.279 e. The van der Waals surface area contributed by atoms with E-state index in [1.807, 2.05) is 18.2 Å². The number of aryl methyl sites for hydroxylation is 1. The second kappa shape index (κ2) is 12.9. The first kappa shape index (κ1) is 30.1. The number of anilines is 1. The van der Waals surface area contributed by atoms with Crippen molar-refractivity contribution < 1.29 is 21.6 Å². The number of carbonyl (C=O) groups excluding carboxylic acids is 1. The van der Waals surface area contributed by atoms with Gasteiger partial charge in [0.25, 0.3) is 15.9 Å². The summed E-state index contributed by atoms with van der Waals surface area (Å²) in [7, 11) is -6.93. The summed E-state index contributed by atoms with van der Waals surface area (Å²) in [4.78, 5) is 22.5. The number of hydrogen-bond acceptors (Lipinski definition) is 8. The molecule has 1 saturated heterocycles. The molecule has 0 radical (unpaired) electrons. The SMILES string of the molecule is Cc1cccnc1S(=O)(=O)Nc1cccc2cc(C(=O)NCC(CN3CCS(=O)(=O)CC3)SCc3ccccc3)[nH]c12. The van der Waals surface area contributed by atoms with Crippen molar-refractivity contribution in [3.05, 3.63) is 89.7 Å². The van der Waals surface area contributed by atoms with Crippen LogP contribution in [0.5, 0.6) is 0 Å². The van der Waals surface area contributed by atoms with E-state index in [2.05, 4.69) is 37.0 Å². The minimum atomic E-state index is -3.95. The minimum absolute atomic E-state index is 0.0309. The number of pyridine rings is 1. The van der Waals surface area contributed by atoms with Gasteiger partial charge < -0.3 is 15.2 Å². The molecule has 42 heavy (non-hydrogen) atoms. The summed E-state index contributed by atoms with van der Waals surface area (Å²) in [6, 6.07) is 20.3. The lowest BCUT2D eigenvalue weighted by Crippen LogP contribution is -2.45. The molecule has 2 aromatic carbocycles. The average molecular weight is 628 g/mol. The molecule has 0 saturated carbocycles. The number of nitrogens with one attached hydrogen (secondary N) is 3. The molecular formula is C29H33N5O5S3. The van der Waals surface area contributed by atoms with Gasteiger partial charge in [0.1, 0.15) is 5.69 Å². The van der Waals surface area contributed by atoms with Crippen LogP contribution in [0.25, 0.3) is 10.9 Å². The van der Waals surface area contributed by atoms with Crippen LogP contribution in [-0.2, 0) is 25.6 Å². The van der Waals surface area contributed by atoms with Crippen molar-refractivity contribution in [2.24, 2.45) is 0 Å². The Morgan fingerprint density at radius 3 is 2.57 bits per heavy atom. The van der Waals surface area contributed by atoms with Gasteiger partial charge in [-0.3, -0.25) is 9.52 Å². The third-order valence-electron chi connectivity index (χ3n) is 7.08.